The van der Waals surface area contributed by atoms with Gasteiger partial charge in [-0.25, -0.2) is 9.18 Å². The first-order valence-corrected chi connectivity index (χ1v) is 11.8. The normalized spacial score (nSPS) is 17.9. The van der Waals surface area contributed by atoms with E-state index in [1.54, 1.807) is 0 Å². The van der Waals surface area contributed by atoms with Crippen LogP contribution in [0.5, 0.6) is 0 Å². The fourth-order valence-electron chi connectivity index (χ4n) is 5.22. The molecule has 4 aromatic rings. The lowest BCUT2D eigenvalue weighted by molar-refractivity contribution is -0.525. The Hall–Kier alpha value is -4.60. The molecule has 0 amide bonds. The van der Waals surface area contributed by atoms with Crippen LogP contribution in [0.25, 0.3) is 34.0 Å². The van der Waals surface area contributed by atoms with Gasteiger partial charge < -0.3 is 14.2 Å². The molecule has 186 valence electrons. The second-order valence-corrected chi connectivity index (χ2v) is 9.16. The van der Waals surface area contributed by atoms with E-state index in [0.29, 0.717) is 17.7 Å². The first-order chi connectivity index (χ1) is 17.9. The molecular formula is C27H21FN4O5. The van der Waals surface area contributed by atoms with E-state index in [9.17, 15) is 19.3 Å². The van der Waals surface area contributed by atoms with E-state index in [1.807, 2.05) is 36.4 Å². The van der Waals surface area contributed by atoms with Crippen LogP contribution in [-0.2, 0) is 4.74 Å². The molecule has 10 heteroatoms. The van der Waals surface area contributed by atoms with E-state index in [0.717, 1.165) is 41.4 Å². The van der Waals surface area contributed by atoms with Gasteiger partial charge in [0.05, 0.1) is 25.1 Å². The molecule has 37 heavy (non-hydrogen) atoms. The van der Waals surface area contributed by atoms with Gasteiger partial charge in [-0.3, -0.25) is 10.1 Å². The van der Waals surface area contributed by atoms with Crippen molar-refractivity contribution in [3.05, 3.63) is 87.7 Å². The molecule has 0 saturated carbocycles. The van der Waals surface area contributed by atoms with E-state index in [4.69, 9.17) is 4.52 Å². The largest absolute Gasteiger partial charge is 0.465 e. The zero-order valence-corrected chi connectivity index (χ0v) is 19.8. The second-order valence-electron chi connectivity index (χ2n) is 9.16. The number of hydrogen-bond acceptors (Lipinski definition) is 8. The van der Waals surface area contributed by atoms with E-state index >= 15 is 0 Å². The Morgan fingerprint density at radius 3 is 2.59 bits per heavy atom. The first kappa shape index (κ1) is 22.8. The summed E-state index contributed by atoms with van der Waals surface area (Å²) in [6, 6.07) is 17.1. The summed E-state index contributed by atoms with van der Waals surface area (Å²) >= 11 is 0. The molecule has 0 N–H and O–H groups in total. The number of halogens is 1. The van der Waals surface area contributed by atoms with Crippen LogP contribution in [0.3, 0.4) is 0 Å². The van der Waals surface area contributed by atoms with Crippen LogP contribution in [0.2, 0.25) is 0 Å². The molecule has 2 unspecified atom stereocenters. The maximum absolute atomic E-state index is 14.3. The smallest absolute Gasteiger partial charge is 0.340 e. The maximum Gasteiger partial charge on any atom is 0.340 e. The third-order valence-electron chi connectivity index (χ3n) is 7.14. The van der Waals surface area contributed by atoms with E-state index in [-0.39, 0.29) is 28.1 Å². The van der Waals surface area contributed by atoms with Gasteiger partial charge in [0.2, 0.25) is 11.9 Å². The molecule has 0 radical (unpaired) electrons. The predicted molar refractivity (Wildman–Crippen MR) is 132 cm³/mol. The van der Waals surface area contributed by atoms with E-state index < -0.39 is 17.8 Å². The molecule has 1 aromatic heterocycles. The van der Waals surface area contributed by atoms with Gasteiger partial charge in [-0.2, -0.15) is 4.98 Å². The van der Waals surface area contributed by atoms with Crippen molar-refractivity contribution in [1.29, 1.82) is 0 Å². The number of piperidine rings is 1. The van der Waals surface area contributed by atoms with Crippen LogP contribution in [0, 0.1) is 15.9 Å². The SMILES string of the molecule is COC(=O)c1ccc(-c2noc(-c3ccc(-c4ccc5cc4N4CCC5C([N+](=O)[O-])C4)cc3)n2)cc1F. The minimum absolute atomic E-state index is 0.0548. The lowest BCUT2D eigenvalue weighted by Gasteiger charge is -2.32. The first-order valence-electron chi connectivity index (χ1n) is 11.8. The Kier molecular flexibility index (Phi) is 5.44. The molecule has 3 aromatic carbocycles. The average Bonchev–Trinajstić information content (AvgIpc) is 3.34. The van der Waals surface area contributed by atoms with Crippen LogP contribution >= 0.6 is 0 Å². The number of ether oxygens (including phenoxy) is 1. The number of benzene rings is 3. The quantitative estimate of drug-likeness (QED) is 0.215. The molecule has 0 aliphatic carbocycles. The summed E-state index contributed by atoms with van der Waals surface area (Å²) in [4.78, 5) is 29.6. The number of carbonyl (C=O) groups is 1. The summed E-state index contributed by atoms with van der Waals surface area (Å²) < 4.78 is 24.3. The lowest BCUT2D eigenvalue weighted by Crippen LogP contribution is -2.45. The monoisotopic (exact) mass is 500 g/mol. The summed E-state index contributed by atoms with van der Waals surface area (Å²) in [7, 11) is 1.19. The van der Waals surface area contributed by atoms with E-state index in [1.165, 1.54) is 19.2 Å². The van der Waals surface area contributed by atoms with Crippen molar-refractivity contribution in [3.63, 3.8) is 0 Å². The molecule has 4 heterocycles. The van der Waals surface area contributed by atoms with Gasteiger partial charge in [-0.15, -0.1) is 0 Å². The average molecular weight is 500 g/mol. The number of esters is 1. The number of methoxy groups -OCH3 is 1. The van der Waals surface area contributed by atoms with Crippen molar-refractivity contribution in [3.8, 4) is 34.0 Å². The summed E-state index contributed by atoms with van der Waals surface area (Å²) in [5, 5.41) is 15.6. The van der Waals surface area contributed by atoms with Crippen molar-refractivity contribution in [2.45, 2.75) is 18.4 Å². The number of nitrogens with zero attached hydrogens (tertiary/aromatic N) is 4. The number of nitro groups is 1. The molecule has 7 rings (SSSR count). The highest BCUT2D eigenvalue weighted by Gasteiger charge is 2.41. The highest BCUT2D eigenvalue weighted by molar-refractivity contribution is 5.90. The van der Waals surface area contributed by atoms with Crippen molar-refractivity contribution in [1.82, 2.24) is 10.1 Å². The van der Waals surface area contributed by atoms with Gasteiger partial charge >= 0.3 is 5.97 Å². The van der Waals surface area contributed by atoms with Gasteiger partial charge in [0.1, 0.15) is 5.82 Å². The molecule has 0 spiro atoms. The fraction of sp³-hybridized carbons (Fsp3) is 0.222. The third-order valence-corrected chi connectivity index (χ3v) is 7.14. The summed E-state index contributed by atoms with van der Waals surface area (Å²) in [6.45, 7) is 1.20. The lowest BCUT2D eigenvalue weighted by atomic mass is 9.87. The van der Waals surface area contributed by atoms with Gasteiger partial charge in [0, 0.05) is 33.8 Å². The Morgan fingerprint density at radius 2 is 1.86 bits per heavy atom. The number of aromatic nitrogens is 2. The minimum atomic E-state index is -0.764. The maximum atomic E-state index is 14.3. The summed E-state index contributed by atoms with van der Waals surface area (Å²) in [5.41, 5.74) is 4.88. The van der Waals surface area contributed by atoms with Crippen molar-refractivity contribution < 1.29 is 23.4 Å². The van der Waals surface area contributed by atoms with Crippen molar-refractivity contribution in [2.75, 3.05) is 25.1 Å². The highest BCUT2D eigenvalue weighted by Crippen LogP contribution is 2.43. The summed E-state index contributed by atoms with van der Waals surface area (Å²) in [6.07, 6.45) is 0.770. The topological polar surface area (TPSA) is 112 Å². The van der Waals surface area contributed by atoms with Crippen LogP contribution in [-0.4, -0.2) is 47.3 Å². The van der Waals surface area contributed by atoms with Crippen molar-refractivity contribution >= 4 is 11.7 Å². The van der Waals surface area contributed by atoms with Gasteiger partial charge in [0.15, 0.2) is 0 Å². The zero-order valence-electron chi connectivity index (χ0n) is 19.8. The van der Waals surface area contributed by atoms with Crippen molar-refractivity contribution in [2.24, 2.45) is 0 Å². The van der Waals surface area contributed by atoms with Crippen LogP contribution in [0.15, 0.2) is 65.2 Å². The van der Waals surface area contributed by atoms with Crippen LogP contribution in [0.1, 0.15) is 28.3 Å². The Balaban J connectivity index is 1.26. The van der Waals surface area contributed by atoms with Gasteiger partial charge in [0.25, 0.3) is 5.89 Å². The molecule has 4 bridgehead atoms. The number of carbonyl (C=O) groups excluding carboxylic acids is 1. The van der Waals surface area contributed by atoms with Crippen LogP contribution in [0.4, 0.5) is 10.1 Å². The van der Waals surface area contributed by atoms with Gasteiger partial charge in [-0.1, -0.05) is 29.4 Å². The molecular weight excluding hydrogens is 479 g/mol. The Labute approximate surface area is 210 Å². The Bertz CT molecular complexity index is 1530. The highest BCUT2D eigenvalue weighted by atomic mass is 19.1. The standard InChI is InChI=1S/C27H21FN4O5/c1-36-27(33)21-9-7-18(12-22(21)28)25-29-26(37-30-25)16-4-2-15(3-5-16)19-8-6-17-13-23(19)31-11-10-20(17)24(14-31)32(34)35/h2-9,12-13,20,24H,10-11,14H2,1H3. The predicted octanol–water partition coefficient (Wildman–Crippen LogP) is 4.95. The van der Waals surface area contributed by atoms with Crippen LogP contribution < -0.4 is 4.90 Å². The molecule has 1 saturated heterocycles. The third kappa shape index (κ3) is 3.90. The number of anilines is 1. The zero-order chi connectivity index (χ0) is 25.7. The fourth-order valence-corrected chi connectivity index (χ4v) is 5.22. The minimum Gasteiger partial charge on any atom is -0.465 e. The number of hydrogen-bond donors (Lipinski definition) is 0. The van der Waals surface area contributed by atoms with Gasteiger partial charge in [-0.05, 0) is 53.9 Å². The summed E-state index contributed by atoms with van der Waals surface area (Å²) in [5.74, 6) is -1.10. The van der Waals surface area contributed by atoms with E-state index in [2.05, 4.69) is 25.8 Å². The second kappa shape index (κ2) is 8.81. The molecule has 2 atom stereocenters. The molecule has 3 aliphatic rings. The molecule has 3 aliphatic heterocycles. The molecule has 1 fully saturated rings. The number of fused-ring (bicyclic) bond motifs is 2. The number of rotatable bonds is 5. The Morgan fingerprint density at radius 1 is 1.11 bits per heavy atom. The molecule has 9 nitrogen and oxygen atoms in total.